The first kappa shape index (κ1) is 21.0. The highest BCUT2D eigenvalue weighted by Crippen LogP contribution is 2.67. The lowest BCUT2D eigenvalue weighted by atomic mass is 9.48. The first-order valence-corrected chi connectivity index (χ1v) is 13.2. The van der Waals surface area contributed by atoms with Crippen LogP contribution in [0.4, 0.5) is 0 Å². The van der Waals surface area contributed by atoms with Gasteiger partial charge in [0.2, 0.25) is 0 Å². The molecule has 0 amide bonds. The number of nitrogens with zero attached hydrogens (tertiary/aromatic N) is 1. The predicted octanol–water partition coefficient (Wildman–Crippen LogP) is 5.17. The van der Waals surface area contributed by atoms with Crippen LogP contribution in [0.1, 0.15) is 55.2 Å². The van der Waals surface area contributed by atoms with Crippen LogP contribution in [0, 0.1) is 5.92 Å². The number of aryl methyl sites for hydroxylation is 1. The summed E-state index contributed by atoms with van der Waals surface area (Å²) >= 11 is 0. The van der Waals surface area contributed by atoms with Gasteiger partial charge >= 0.3 is 0 Å². The molecule has 3 aliphatic carbocycles. The third-order valence-corrected chi connectivity index (χ3v) is 9.48. The van der Waals surface area contributed by atoms with E-state index in [9.17, 15) is 5.11 Å². The summed E-state index contributed by atoms with van der Waals surface area (Å²) in [4.78, 5) is 2.76. The van der Waals surface area contributed by atoms with Gasteiger partial charge in [-0.1, -0.05) is 43.0 Å². The molecule has 178 valence electrons. The van der Waals surface area contributed by atoms with Crippen LogP contribution in [0.25, 0.3) is 0 Å². The predicted molar refractivity (Wildman–Crippen MR) is 132 cm³/mol. The van der Waals surface area contributed by atoms with Crippen molar-refractivity contribution in [3.8, 4) is 11.5 Å². The standard InChI is InChI=1S/C30H35NO3/c1-20-13-14-30(33-17-5-8-21-6-3-2-4-7-21)25-18-23-11-12-24(32)27-26(23)29(30,28(20)34-27)15-16-31(25)19-22-9-10-22/h2-4,6-7,11-12,22,25,28,32H,1,5,8-10,13-19H2/t25-,28+,29+,30-/m1/s1. The smallest absolute Gasteiger partial charge is 0.166 e. The summed E-state index contributed by atoms with van der Waals surface area (Å²) in [5.41, 5.74) is 4.61. The van der Waals surface area contributed by atoms with Crippen LogP contribution >= 0.6 is 0 Å². The van der Waals surface area contributed by atoms with Crippen molar-refractivity contribution < 1.29 is 14.6 Å². The second-order valence-electron chi connectivity index (χ2n) is 11.3. The van der Waals surface area contributed by atoms with Crippen molar-refractivity contribution in [2.24, 2.45) is 5.92 Å². The van der Waals surface area contributed by atoms with Crippen molar-refractivity contribution >= 4 is 0 Å². The molecule has 0 radical (unpaired) electrons. The molecule has 1 saturated heterocycles. The lowest BCUT2D eigenvalue weighted by molar-refractivity contribution is -0.207. The second kappa shape index (κ2) is 7.60. The van der Waals surface area contributed by atoms with Crippen molar-refractivity contribution in [2.75, 3.05) is 19.7 Å². The number of hydrogen-bond acceptors (Lipinski definition) is 4. The normalized spacial score (nSPS) is 33.5. The van der Waals surface area contributed by atoms with Gasteiger partial charge < -0.3 is 14.6 Å². The minimum atomic E-state index is -0.283. The molecule has 2 aromatic rings. The van der Waals surface area contributed by atoms with Gasteiger partial charge in [-0.3, -0.25) is 4.90 Å². The molecule has 4 nitrogen and oxygen atoms in total. The van der Waals surface area contributed by atoms with E-state index in [1.807, 2.05) is 6.07 Å². The maximum absolute atomic E-state index is 10.8. The van der Waals surface area contributed by atoms with E-state index in [0.717, 1.165) is 57.6 Å². The van der Waals surface area contributed by atoms with Gasteiger partial charge in [0.05, 0.1) is 11.0 Å². The SMILES string of the molecule is C=C1CC[C@@]2(OCCCc3ccccc3)[C@H]3Cc4ccc(O)c5c4[C@@]2(CCN3CC2CC2)[C@H]1O5. The van der Waals surface area contributed by atoms with Gasteiger partial charge in [0, 0.05) is 24.8 Å². The van der Waals surface area contributed by atoms with Gasteiger partial charge in [0.1, 0.15) is 6.10 Å². The van der Waals surface area contributed by atoms with Crippen molar-refractivity contribution in [2.45, 2.75) is 74.5 Å². The van der Waals surface area contributed by atoms with Crippen molar-refractivity contribution in [3.05, 3.63) is 71.3 Å². The van der Waals surface area contributed by atoms with Crippen LogP contribution in [-0.2, 0) is 23.0 Å². The summed E-state index contributed by atoms with van der Waals surface area (Å²) in [6.45, 7) is 7.50. The molecular formula is C30H35NO3. The second-order valence-corrected chi connectivity index (χ2v) is 11.3. The third-order valence-electron chi connectivity index (χ3n) is 9.48. The Morgan fingerprint density at radius 2 is 1.97 bits per heavy atom. The highest BCUT2D eigenvalue weighted by molar-refractivity contribution is 5.64. The zero-order chi connectivity index (χ0) is 22.9. The number of piperidine rings is 1. The molecular weight excluding hydrogens is 422 g/mol. The van der Waals surface area contributed by atoms with Crippen LogP contribution in [0.5, 0.6) is 11.5 Å². The number of phenols is 1. The molecule has 7 rings (SSSR count). The van der Waals surface area contributed by atoms with E-state index < -0.39 is 0 Å². The summed E-state index contributed by atoms with van der Waals surface area (Å²) in [5, 5.41) is 10.8. The van der Waals surface area contributed by atoms with Crippen LogP contribution in [0.15, 0.2) is 54.6 Å². The summed E-state index contributed by atoms with van der Waals surface area (Å²) in [6.07, 6.45) is 8.63. The number of rotatable bonds is 7. The molecule has 5 aliphatic rings. The summed E-state index contributed by atoms with van der Waals surface area (Å²) in [6, 6.07) is 15.1. The molecule has 2 heterocycles. The van der Waals surface area contributed by atoms with E-state index in [4.69, 9.17) is 9.47 Å². The maximum atomic E-state index is 10.8. The fraction of sp³-hybridized carbons (Fsp3) is 0.533. The van der Waals surface area contributed by atoms with Crippen LogP contribution < -0.4 is 4.74 Å². The average Bonchev–Trinajstić information content (AvgIpc) is 3.59. The summed E-state index contributed by atoms with van der Waals surface area (Å²) < 4.78 is 13.8. The topological polar surface area (TPSA) is 41.9 Å². The van der Waals surface area contributed by atoms with Crippen molar-refractivity contribution in [1.29, 1.82) is 0 Å². The molecule has 4 atom stereocenters. The Labute approximate surface area is 202 Å². The monoisotopic (exact) mass is 457 g/mol. The van der Waals surface area contributed by atoms with Gasteiger partial charge in [-0.15, -0.1) is 0 Å². The van der Waals surface area contributed by atoms with Crippen LogP contribution in [0.2, 0.25) is 0 Å². The maximum Gasteiger partial charge on any atom is 0.166 e. The molecule has 2 bridgehead atoms. The van der Waals surface area contributed by atoms with Crippen LogP contribution in [0.3, 0.4) is 0 Å². The van der Waals surface area contributed by atoms with E-state index in [0.29, 0.717) is 11.8 Å². The summed E-state index contributed by atoms with van der Waals surface area (Å²) in [5.74, 6) is 1.83. The fourth-order valence-electron chi connectivity index (χ4n) is 7.83. The Morgan fingerprint density at radius 1 is 1.12 bits per heavy atom. The molecule has 2 aromatic carbocycles. The third kappa shape index (κ3) is 2.85. The minimum Gasteiger partial charge on any atom is -0.504 e. The lowest BCUT2D eigenvalue weighted by Crippen LogP contribution is -2.76. The van der Waals surface area contributed by atoms with Crippen LogP contribution in [-0.4, -0.2) is 47.4 Å². The number of hydrogen-bond donors (Lipinski definition) is 1. The molecule has 1 N–H and O–H groups in total. The number of benzene rings is 2. The first-order valence-electron chi connectivity index (χ1n) is 13.2. The quantitative estimate of drug-likeness (QED) is 0.460. The van der Waals surface area contributed by atoms with Gasteiger partial charge in [-0.05, 0) is 86.6 Å². The number of phenolic OH excluding ortho intramolecular Hbond substituents is 1. The van der Waals surface area contributed by atoms with Crippen molar-refractivity contribution in [1.82, 2.24) is 4.90 Å². The number of ether oxygens (including phenoxy) is 2. The Hall–Kier alpha value is -2.30. The molecule has 3 fully saturated rings. The fourth-order valence-corrected chi connectivity index (χ4v) is 7.83. The average molecular weight is 458 g/mol. The van der Waals surface area contributed by atoms with Gasteiger partial charge in [-0.2, -0.15) is 0 Å². The zero-order valence-electron chi connectivity index (χ0n) is 20.0. The van der Waals surface area contributed by atoms with Crippen molar-refractivity contribution in [3.63, 3.8) is 0 Å². The Balaban J connectivity index is 1.28. The molecule has 4 heteroatoms. The molecule has 0 aromatic heterocycles. The van der Waals surface area contributed by atoms with Gasteiger partial charge in [0.15, 0.2) is 11.5 Å². The van der Waals surface area contributed by atoms with E-state index in [1.54, 1.807) is 0 Å². The minimum absolute atomic E-state index is 0.0942. The highest BCUT2D eigenvalue weighted by atomic mass is 16.5. The zero-order valence-corrected chi connectivity index (χ0v) is 20.0. The number of aromatic hydroxyl groups is 1. The Morgan fingerprint density at radius 3 is 2.79 bits per heavy atom. The Bertz CT molecular complexity index is 1130. The van der Waals surface area contributed by atoms with E-state index in [2.05, 4.69) is 47.9 Å². The lowest BCUT2D eigenvalue weighted by Gasteiger charge is -2.65. The molecule has 2 saturated carbocycles. The molecule has 34 heavy (non-hydrogen) atoms. The van der Waals surface area contributed by atoms with E-state index >= 15 is 0 Å². The van der Waals surface area contributed by atoms with E-state index in [1.165, 1.54) is 41.6 Å². The molecule has 1 spiro atoms. The van der Waals surface area contributed by atoms with Gasteiger partial charge in [-0.25, -0.2) is 0 Å². The molecule has 2 aliphatic heterocycles. The largest absolute Gasteiger partial charge is 0.504 e. The molecule has 0 unspecified atom stereocenters. The van der Waals surface area contributed by atoms with E-state index in [-0.39, 0.29) is 22.9 Å². The summed E-state index contributed by atoms with van der Waals surface area (Å²) in [7, 11) is 0. The van der Waals surface area contributed by atoms with Gasteiger partial charge in [0.25, 0.3) is 0 Å². The highest BCUT2D eigenvalue weighted by Gasteiger charge is 2.73. The first-order chi connectivity index (χ1) is 16.6. The number of likely N-dealkylation sites (tertiary alicyclic amines) is 1. The Kier molecular flexibility index (Phi) is 4.70.